The van der Waals surface area contributed by atoms with Gasteiger partial charge in [-0.25, -0.2) is 0 Å². The first kappa shape index (κ1) is 22.2. The number of ether oxygens (including phenoxy) is 1. The van der Waals surface area contributed by atoms with E-state index in [0.717, 1.165) is 43.3 Å². The highest BCUT2D eigenvalue weighted by Crippen LogP contribution is 2.30. The van der Waals surface area contributed by atoms with Gasteiger partial charge in [0.05, 0.1) is 12.9 Å². The molecule has 0 unspecified atom stereocenters. The second-order valence-electron chi connectivity index (χ2n) is 6.81. The maximum atomic E-state index is 12.3. The third kappa shape index (κ3) is 6.74. The summed E-state index contributed by atoms with van der Waals surface area (Å²) in [5.74, 6) is 0.870. The van der Waals surface area contributed by atoms with Crippen LogP contribution in [0.15, 0.2) is 36.4 Å². The van der Waals surface area contributed by atoms with Gasteiger partial charge in [-0.05, 0) is 29.8 Å². The van der Waals surface area contributed by atoms with Gasteiger partial charge in [0.2, 0.25) is 5.91 Å². The zero-order valence-corrected chi connectivity index (χ0v) is 18.8. The minimum absolute atomic E-state index is 0.168. The van der Waals surface area contributed by atoms with Crippen molar-refractivity contribution >= 4 is 46.6 Å². The molecule has 1 saturated heterocycles. The molecule has 1 aliphatic rings. The Morgan fingerprint density at radius 2 is 1.97 bits per heavy atom. The van der Waals surface area contributed by atoms with E-state index in [1.54, 1.807) is 11.3 Å². The number of amides is 1. The van der Waals surface area contributed by atoms with Crippen LogP contribution in [0.1, 0.15) is 11.3 Å². The summed E-state index contributed by atoms with van der Waals surface area (Å²) < 4.78 is 4.60. The highest BCUT2D eigenvalue weighted by Gasteiger charge is 2.21. The first-order chi connectivity index (χ1) is 14.0. The van der Waals surface area contributed by atoms with Crippen molar-refractivity contribution in [3.05, 3.63) is 46.3 Å². The third-order valence-electron chi connectivity index (χ3n) is 4.78. The van der Waals surface area contributed by atoms with Crippen LogP contribution in [-0.4, -0.2) is 66.5 Å². The van der Waals surface area contributed by atoms with Gasteiger partial charge in [-0.2, -0.15) is 0 Å². The molecule has 3 rings (SSSR count). The highest BCUT2D eigenvalue weighted by molar-refractivity contribution is 7.99. The summed E-state index contributed by atoms with van der Waals surface area (Å²) in [6.07, 6.45) is 0.468. The van der Waals surface area contributed by atoms with Crippen LogP contribution in [0.4, 0.5) is 0 Å². The van der Waals surface area contributed by atoms with E-state index in [1.165, 1.54) is 28.6 Å². The number of hydrogen-bond donors (Lipinski definition) is 0. The van der Waals surface area contributed by atoms with E-state index in [0.29, 0.717) is 17.9 Å². The van der Waals surface area contributed by atoms with Crippen molar-refractivity contribution in [3.8, 4) is 10.4 Å². The first-order valence-corrected chi connectivity index (χ1v) is 11.9. The van der Waals surface area contributed by atoms with Gasteiger partial charge in [0.15, 0.2) is 0 Å². The van der Waals surface area contributed by atoms with Gasteiger partial charge < -0.3 is 9.64 Å². The maximum Gasteiger partial charge on any atom is 0.315 e. The average Bonchev–Trinajstić information content (AvgIpc) is 3.20. The fourth-order valence-electron chi connectivity index (χ4n) is 3.17. The molecule has 1 aromatic carbocycles. The van der Waals surface area contributed by atoms with E-state index in [4.69, 9.17) is 11.6 Å². The lowest BCUT2D eigenvalue weighted by molar-refractivity contribution is -0.137. The number of thiophene rings is 1. The van der Waals surface area contributed by atoms with E-state index < -0.39 is 0 Å². The van der Waals surface area contributed by atoms with Gasteiger partial charge in [-0.3, -0.25) is 14.5 Å². The van der Waals surface area contributed by atoms with Crippen LogP contribution >= 0.6 is 34.7 Å². The van der Waals surface area contributed by atoms with Crippen LogP contribution in [0.25, 0.3) is 10.4 Å². The molecule has 0 aliphatic carbocycles. The molecule has 2 heterocycles. The lowest BCUT2D eigenvalue weighted by Crippen LogP contribution is -2.48. The molecule has 0 bridgehead atoms. The van der Waals surface area contributed by atoms with Gasteiger partial charge >= 0.3 is 5.97 Å². The van der Waals surface area contributed by atoms with Crippen LogP contribution in [0, 0.1) is 0 Å². The Morgan fingerprint density at radius 1 is 1.17 bits per heavy atom. The van der Waals surface area contributed by atoms with Crippen molar-refractivity contribution in [1.29, 1.82) is 0 Å². The van der Waals surface area contributed by atoms with Gasteiger partial charge in [-0.1, -0.05) is 23.7 Å². The summed E-state index contributed by atoms with van der Waals surface area (Å²) >= 11 is 9.33. The summed E-state index contributed by atoms with van der Waals surface area (Å²) in [5, 5.41) is 0.752. The molecule has 29 heavy (non-hydrogen) atoms. The summed E-state index contributed by atoms with van der Waals surface area (Å²) in [5.41, 5.74) is 1.15. The van der Waals surface area contributed by atoms with Gasteiger partial charge in [0.25, 0.3) is 0 Å². The highest BCUT2D eigenvalue weighted by atomic mass is 35.5. The fraction of sp³-hybridized carbons (Fsp3) is 0.429. The van der Waals surface area contributed by atoms with Crippen molar-refractivity contribution < 1.29 is 14.3 Å². The Morgan fingerprint density at radius 3 is 2.69 bits per heavy atom. The monoisotopic (exact) mass is 452 g/mol. The van der Waals surface area contributed by atoms with Gasteiger partial charge in [0.1, 0.15) is 0 Å². The molecule has 0 N–H and O–H groups in total. The van der Waals surface area contributed by atoms with E-state index in [-0.39, 0.29) is 11.9 Å². The number of nitrogens with zero attached hydrogens (tertiary/aromatic N) is 2. The quantitative estimate of drug-likeness (QED) is 0.447. The predicted octanol–water partition coefficient (Wildman–Crippen LogP) is 4.01. The van der Waals surface area contributed by atoms with E-state index in [1.807, 2.05) is 23.1 Å². The lowest BCUT2D eigenvalue weighted by Gasteiger charge is -2.34. The Balaban J connectivity index is 1.41. The lowest BCUT2D eigenvalue weighted by atomic mass is 10.2. The summed E-state index contributed by atoms with van der Waals surface area (Å²) in [6.45, 7) is 4.18. The molecule has 0 saturated carbocycles. The van der Waals surface area contributed by atoms with Crippen molar-refractivity contribution in [2.75, 3.05) is 44.8 Å². The number of thioether (sulfide) groups is 1. The molecule has 156 valence electrons. The molecule has 1 aromatic heterocycles. The van der Waals surface area contributed by atoms with Gasteiger partial charge in [-0.15, -0.1) is 23.1 Å². The van der Waals surface area contributed by atoms with Crippen molar-refractivity contribution in [2.45, 2.75) is 13.0 Å². The number of methoxy groups -OCH3 is 1. The molecule has 0 radical (unpaired) electrons. The van der Waals surface area contributed by atoms with Crippen LogP contribution in [-0.2, 0) is 20.9 Å². The molecule has 2 aromatic rings. The number of benzene rings is 1. The predicted molar refractivity (Wildman–Crippen MR) is 121 cm³/mol. The number of piperazine rings is 1. The molecular weight excluding hydrogens is 428 g/mol. The third-order valence-corrected chi connectivity index (χ3v) is 7.07. The molecule has 0 spiro atoms. The van der Waals surface area contributed by atoms with E-state index >= 15 is 0 Å². The smallest absolute Gasteiger partial charge is 0.315 e. The fourth-order valence-corrected chi connectivity index (χ4v) is 5.15. The number of esters is 1. The molecule has 1 fully saturated rings. The number of halogens is 1. The van der Waals surface area contributed by atoms with Crippen molar-refractivity contribution in [3.63, 3.8) is 0 Å². The maximum absolute atomic E-state index is 12.3. The minimum atomic E-state index is -0.247. The molecule has 1 aliphatic heterocycles. The number of carbonyl (C=O) groups is 2. The van der Waals surface area contributed by atoms with Crippen LogP contribution in [0.3, 0.4) is 0 Å². The van der Waals surface area contributed by atoms with Gasteiger partial charge in [0, 0.05) is 59.7 Å². The minimum Gasteiger partial charge on any atom is -0.468 e. The largest absolute Gasteiger partial charge is 0.468 e. The normalized spacial score (nSPS) is 14.8. The van der Waals surface area contributed by atoms with Crippen LogP contribution in [0.5, 0.6) is 0 Å². The molecule has 8 heteroatoms. The zero-order valence-electron chi connectivity index (χ0n) is 16.4. The Kier molecular flexibility index (Phi) is 8.41. The number of hydrogen-bond acceptors (Lipinski definition) is 6. The zero-order chi connectivity index (χ0) is 20.6. The SMILES string of the molecule is COC(=O)CSCCC(=O)N1CCN(Cc2ccc(-c3cccc(Cl)c3)s2)CC1. The van der Waals surface area contributed by atoms with E-state index in [9.17, 15) is 9.59 Å². The summed E-state index contributed by atoms with van der Waals surface area (Å²) in [4.78, 5) is 30.3. The van der Waals surface area contributed by atoms with Crippen molar-refractivity contribution in [2.24, 2.45) is 0 Å². The second kappa shape index (κ2) is 11.0. The van der Waals surface area contributed by atoms with Crippen LogP contribution in [0.2, 0.25) is 5.02 Å². The van der Waals surface area contributed by atoms with Crippen molar-refractivity contribution in [1.82, 2.24) is 9.80 Å². The van der Waals surface area contributed by atoms with E-state index in [2.05, 4.69) is 27.8 Å². The van der Waals surface area contributed by atoms with Crippen LogP contribution < -0.4 is 0 Å². The molecule has 0 atom stereocenters. The Bertz CT molecular complexity index is 835. The summed E-state index contributed by atoms with van der Waals surface area (Å²) in [6, 6.07) is 12.3. The standard InChI is InChI=1S/C21H25ClN2O3S2/c1-27-21(26)15-28-12-7-20(25)24-10-8-23(9-11-24)14-18-5-6-19(29-18)16-3-2-4-17(22)13-16/h2-6,13H,7-12,14-15H2,1H3. The number of carbonyl (C=O) groups excluding carboxylic acids is 2. The molecular formula is C21H25ClN2O3S2. The molecule has 5 nitrogen and oxygen atoms in total. The Labute approximate surface area is 185 Å². The average molecular weight is 453 g/mol. The Hall–Kier alpha value is -1.54. The first-order valence-electron chi connectivity index (χ1n) is 9.54. The summed E-state index contributed by atoms with van der Waals surface area (Å²) in [7, 11) is 1.38. The molecule has 1 amide bonds. The number of rotatable bonds is 8. The topological polar surface area (TPSA) is 49.9 Å². The second-order valence-corrected chi connectivity index (χ2v) is 9.52.